The molecular formula is C9H22FN. The van der Waals surface area contributed by atoms with Crippen LogP contribution in [0.2, 0.25) is 0 Å². The molecule has 0 bridgehead atoms. The molecule has 0 amide bonds. The van der Waals surface area contributed by atoms with Gasteiger partial charge in [0.05, 0.1) is 0 Å². The molecule has 1 saturated heterocycles. The molecule has 0 unspecified atom stereocenters. The summed E-state index contributed by atoms with van der Waals surface area (Å²) in [7, 11) is 0. The SMILES string of the molecule is CC.CC(C)N1CCCC1.F. The average Bonchev–Trinajstić information content (AvgIpc) is 2.42. The van der Waals surface area contributed by atoms with Crippen LogP contribution >= 0.6 is 0 Å². The second-order valence-corrected chi connectivity index (χ2v) is 2.84. The smallest absolute Gasteiger partial charge is 0.00385 e. The molecule has 0 N–H and O–H groups in total. The molecule has 0 atom stereocenters. The normalized spacial score (nSPS) is 17.2. The van der Waals surface area contributed by atoms with Gasteiger partial charge < -0.3 is 4.90 Å². The van der Waals surface area contributed by atoms with Crippen LogP contribution in [0.4, 0.5) is 4.70 Å². The highest BCUT2D eigenvalue weighted by molar-refractivity contribution is 4.68. The van der Waals surface area contributed by atoms with Crippen molar-refractivity contribution in [1.29, 1.82) is 0 Å². The van der Waals surface area contributed by atoms with Crippen LogP contribution in [0.1, 0.15) is 40.5 Å². The maximum atomic E-state index is 2.53. The van der Waals surface area contributed by atoms with Crippen LogP contribution in [-0.2, 0) is 0 Å². The van der Waals surface area contributed by atoms with Gasteiger partial charge in [-0.15, -0.1) is 0 Å². The van der Waals surface area contributed by atoms with E-state index >= 15 is 0 Å². The summed E-state index contributed by atoms with van der Waals surface area (Å²) in [5.74, 6) is 0. The van der Waals surface area contributed by atoms with E-state index in [1.807, 2.05) is 13.8 Å². The Labute approximate surface area is 70.1 Å². The Hall–Kier alpha value is -0.110. The molecule has 70 valence electrons. The first-order valence-corrected chi connectivity index (χ1v) is 4.55. The fourth-order valence-electron chi connectivity index (χ4n) is 1.26. The molecule has 1 aliphatic heterocycles. The summed E-state index contributed by atoms with van der Waals surface area (Å²) in [6.45, 7) is 11.2. The fraction of sp³-hybridized carbons (Fsp3) is 1.00. The van der Waals surface area contributed by atoms with Gasteiger partial charge in [-0.25, -0.2) is 0 Å². The predicted molar refractivity (Wildman–Crippen MR) is 49.8 cm³/mol. The summed E-state index contributed by atoms with van der Waals surface area (Å²) >= 11 is 0. The van der Waals surface area contributed by atoms with Crippen molar-refractivity contribution in [2.45, 2.75) is 46.6 Å². The lowest BCUT2D eigenvalue weighted by molar-refractivity contribution is 0.276. The monoisotopic (exact) mass is 163 g/mol. The maximum absolute atomic E-state index is 2.53. The van der Waals surface area contributed by atoms with Crippen LogP contribution in [0.3, 0.4) is 0 Å². The number of halogens is 1. The Kier molecular flexibility index (Phi) is 9.79. The first kappa shape index (κ1) is 13.5. The molecule has 0 spiro atoms. The summed E-state index contributed by atoms with van der Waals surface area (Å²) in [6.07, 6.45) is 2.83. The topological polar surface area (TPSA) is 3.24 Å². The van der Waals surface area contributed by atoms with E-state index in [0.717, 1.165) is 6.04 Å². The molecule has 1 rings (SSSR count). The highest BCUT2D eigenvalue weighted by Gasteiger charge is 2.13. The molecule has 0 aromatic carbocycles. The zero-order valence-corrected chi connectivity index (χ0v) is 8.26. The Morgan fingerprint density at radius 2 is 1.36 bits per heavy atom. The summed E-state index contributed by atoms with van der Waals surface area (Å²) in [4.78, 5) is 2.53. The molecule has 0 aliphatic carbocycles. The lowest BCUT2D eigenvalue weighted by atomic mass is 10.3. The summed E-state index contributed by atoms with van der Waals surface area (Å²) in [5, 5.41) is 0. The number of hydrogen-bond donors (Lipinski definition) is 0. The van der Waals surface area contributed by atoms with Gasteiger partial charge in [-0.1, -0.05) is 13.8 Å². The third-order valence-corrected chi connectivity index (χ3v) is 1.87. The minimum atomic E-state index is 0. The Balaban J connectivity index is 0. The first-order valence-electron chi connectivity index (χ1n) is 4.55. The van der Waals surface area contributed by atoms with E-state index in [4.69, 9.17) is 0 Å². The highest BCUT2D eigenvalue weighted by atomic mass is 19.0. The first-order chi connectivity index (χ1) is 4.80. The molecule has 0 radical (unpaired) electrons. The Morgan fingerprint density at radius 1 is 1.00 bits per heavy atom. The van der Waals surface area contributed by atoms with Gasteiger partial charge in [-0.2, -0.15) is 0 Å². The summed E-state index contributed by atoms with van der Waals surface area (Å²) in [5.41, 5.74) is 0. The van der Waals surface area contributed by atoms with Crippen molar-refractivity contribution >= 4 is 0 Å². The minimum absolute atomic E-state index is 0. The van der Waals surface area contributed by atoms with Crippen LogP contribution in [0.15, 0.2) is 0 Å². The minimum Gasteiger partial charge on any atom is -0.301 e. The molecular weight excluding hydrogens is 141 g/mol. The second-order valence-electron chi connectivity index (χ2n) is 2.84. The van der Waals surface area contributed by atoms with Crippen LogP contribution in [-0.4, -0.2) is 24.0 Å². The molecule has 11 heavy (non-hydrogen) atoms. The number of rotatable bonds is 1. The van der Waals surface area contributed by atoms with Crippen molar-refractivity contribution in [3.63, 3.8) is 0 Å². The fourth-order valence-corrected chi connectivity index (χ4v) is 1.26. The number of nitrogens with zero attached hydrogens (tertiary/aromatic N) is 1. The largest absolute Gasteiger partial charge is 0.301 e. The van der Waals surface area contributed by atoms with Gasteiger partial charge in [-0.3, -0.25) is 4.70 Å². The Morgan fingerprint density at radius 3 is 1.55 bits per heavy atom. The third kappa shape index (κ3) is 5.19. The van der Waals surface area contributed by atoms with Crippen molar-refractivity contribution in [2.75, 3.05) is 13.1 Å². The zero-order chi connectivity index (χ0) is 7.98. The average molecular weight is 163 g/mol. The van der Waals surface area contributed by atoms with Gasteiger partial charge in [0.25, 0.3) is 0 Å². The van der Waals surface area contributed by atoms with Crippen LogP contribution in [0, 0.1) is 0 Å². The Bertz CT molecular complexity index is 68.0. The molecule has 1 aliphatic rings. The molecule has 0 saturated carbocycles. The van der Waals surface area contributed by atoms with E-state index < -0.39 is 0 Å². The van der Waals surface area contributed by atoms with Gasteiger partial charge in [0.2, 0.25) is 0 Å². The molecule has 0 aromatic rings. The van der Waals surface area contributed by atoms with Gasteiger partial charge in [0, 0.05) is 6.04 Å². The lowest BCUT2D eigenvalue weighted by Crippen LogP contribution is -2.26. The van der Waals surface area contributed by atoms with Gasteiger partial charge in [-0.05, 0) is 39.8 Å². The van der Waals surface area contributed by atoms with Crippen LogP contribution in [0.25, 0.3) is 0 Å². The molecule has 0 aromatic heterocycles. The zero-order valence-electron chi connectivity index (χ0n) is 8.26. The predicted octanol–water partition coefficient (Wildman–Crippen LogP) is 2.67. The molecule has 1 fully saturated rings. The van der Waals surface area contributed by atoms with Crippen molar-refractivity contribution in [1.82, 2.24) is 4.90 Å². The van der Waals surface area contributed by atoms with E-state index in [1.165, 1.54) is 25.9 Å². The van der Waals surface area contributed by atoms with Crippen LogP contribution < -0.4 is 0 Å². The standard InChI is InChI=1S/C7H15N.C2H6.FH/c1-7(2)8-5-3-4-6-8;1-2;/h7H,3-6H2,1-2H3;1-2H3;1H. The van der Waals surface area contributed by atoms with Gasteiger partial charge in [0.1, 0.15) is 0 Å². The lowest BCUT2D eigenvalue weighted by Gasteiger charge is -2.18. The number of likely N-dealkylation sites (tertiary alicyclic amines) is 1. The highest BCUT2D eigenvalue weighted by Crippen LogP contribution is 2.09. The third-order valence-electron chi connectivity index (χ3n) is 1.87. The van der Waals surface area contributed by atoms with Crippen molar-refractivity contribution in [3.05, 3.63) is 0 Å². The van der Waals surface area contributed by atoms with Crippen molar-refractivity contribution < 1.29 is 4.70 Å². The van der Waals surface area contributed by atoms with E-state index in [9.17, 15) is 0 Å². The van der Waals surface area contributed by atoms with E-state index in [0.29, 0.717) is 0 Å². The molecule has 1 nitrogen and oxygen atoms in total. The maximum Gasteiger partial charge on any atom is 0.00385 e. The van der Waals surface area contributed by atoms with Crippen molar-refractivity contribution in [3.8, 4) is 0 Å². The quantitative estimate of drug-likeness (QED) is 0.574. The van der Waals surface area contributed by atoms with Gasteiger partial charge >= 0.3 is 0 Å². The summed E-state index contributed by atoms with van der Waals surface area (Å²) < 4.78 is 0. The van der Waals surface area contributed by atoms with E-state index in [1.54, 1.807) is 0 Å². The van der Waals surface area contributed by atoms with Crippen molar-refractivity contribution in [2.24, 2.45) is 0 Å². The molecule has 1 heterocycles. The number of hydrogen-bond acceptors (Lipinski definition) is 1. The van der Waals surface area contributed by atoms with Gasteiger partial charge in [0.15, 0.2) is 0 Å². The van der Waals surface area contributed by atoms with E-state index in [2.05, 4.69) is 18.7 Å². The van der Waals surface area contributed by atoms with E-state index in [-0.39, 0.29) is 4.70 Å². The molecule has 2 heteroatoms. The second kappa shape index (κ2) is 7.99. The summed E-state index contributed by atoms with van der Waals surface area (Å²) in [6, 6.07) is 0.775. The van der Waals surface area contributed by atoms with Crippen LogP contribution in [0.5, 0.6) is 0 Å².